The van der Waals surface area contributed by atoms with Crippen molar-refractivity contribution in [3.05, 3.63) is 46.6 Å². The van der Waals surface area contributed by atoms with Crippen molar-refractivity contribution in [3.8, 4) is 34.3 Å². The van der Waals surface area contributed by atoms with Gasteiger partial charge in [-0.25, -0.2) is 4.98 Å². The molecule has 2 heterocycles. The van der Waals surface area contributed by atoms with Gasteiger partial charge in [0.15, 0.2) is 23.0 Å². The Morgan fingerprint density at radius 1 is 1.26 bits per heavy atom. The van der Waals surface area contributed by atoms with Crippen molar-refractivity contribution < 1.29 is 19.3 Å². The van der Waals surface area contributed by atoms with Crippen molar-refractivity contribution in [1.29, 1.82) is 0 Å². The molecule has 1 aromatic heterocycles. The smallest absolute Gasteiger partial charge is 0.231 e. The molecule has 2 N–H and O–H groups in total. The van der Waals surface area contributed by atoms with E-state index in [1.54, 1.807) is 6.07 Å². The number of halogens is 1. The van der Waals surface area contributed by atoms with Gasteiger partial charge in [-0.3, -0.25) is 0 Å². The first-order valence-electron chi connectivity index (χ1n) is 8.28. The summed E-state index contributed by atoms with van der Waals surface area (Å²) in [7, 11) is 3.47. The molecule has 1 aliphatic rings. The Balaban J connectivity index is 1.54. The Morgan fingerprint density at radius 2 is 2.07 bits per heavy atom. The minimum absolute atomic E-state index is 0.0864. The van der Waals surface area contributed by atoms with Crippen LogP contribution in [0.4, 0.5) is 5.95 Å². The van der Waals surface area contributed by atoms with Crippen LogP contribution in [0.3, 0.4) is 0 Å². The number of fused-ring (bicyclic) bond motifs is 1. The Hall–Kier alpha value is -2.87. The van der Waals surface area contributed by atoms with Gasteiger partial charge < -0.3 is 29.2 Å². The van der Waals surface area contributed by atoms with E-state index in [2.05, 4.69) is 26.2 Å². The molecular weight excluding hydrogens is 414 g/mol. The number of benzene rings is 2. The monoisotopic (exact) mass is 431 g/mol. The molecule has 0 radical (unpaired) electrons. The minimum Gasteiger partial charge on any atom is -0.503 e. The summed E-state index contributed by atoms with van der Waals surface area (Å²) < 4.78 is 18.6. The molecule has 0 saturated carbocycles. The van der Waals surface area contributed by atoms with E-state index < -0.39 is 0 Å². The zero-order valence-corrected chi connectivity index (χ0v) is 16.4. The average Bonchev–Trinajstić information content (AvgIpc) is 3.28. The summed E-state index contributed by atoms with van der Waals surface area (Å²) in [6.45, 7) is 0.781. The van der Waals surface area contributed by atoms with Gasteiger partial charge in [0.1, 0.15) is 0 Å². The van der Waals surface area contributed by atoms with Gasteiger partial charge in [-0.2, -0.15) is 0 Å². The van der Waals surface area contributed by atoms with Gasteiger partial charge >= 0.3 is 0 Å². The molecule has 0 amide bonds. The van der Waals surface area contributed by atoms with Crippen LogP contribution in [0.15, 0.2) is 41.0 Å². The second-order valence-corrected chi connectivity index (χ2v) is 6.93. The molecular formula is C19H18BrN3O4. The molecule has 0 saturated heterocycles. The fourth-order valence-electron chi connectivity index (χ4n) is 2.96. The van der Waals surface area contributed by atoms with Crippen LogP contribution in [0.2, 0.25) is 0 Å². The summed E-state index contributed by atoms with van der Waals surface area (Å²) in [6, 6.07) is 9.46. The van der Waals surface area contributed by atoms with Gasteiger partial charge in [0.25, 0.3) is 0 Å². The summed E-state index contributed by atoms with van der Waals surface area (Å²) in [5.74, 6) is 2.73. The standard InChI is InChI=1S/C19H18BrN3O4/c1-23-14(12-3-4-15-16(7-12)27-10-26-15)9-22-19(23)21-8-11-5-13(20)18(24)17(6-11)25-2/h3-7,9,24H,8,10H2,1-2H3,(H,21,22). The first-order chi connectivity index (χ1) is 13.1. The van der Waals surface area contributed by atoms with E-state index in [9.17, 15) is 5.11 Å². The highest BCUT2D eigenvalue weighted by Crippen LogP contribution is 2.37. The van der Waals surface area contributed by atoms with Crippen molar-refractivity contribution >= 4 is 21.9 Å². The molecule has 0 atom stereocenters. The Kier molecular flexibility index (Phi) is 4.57. The van der Waals surface area contributed by atoms with E-state index in [1.807, 2.05) is 42.1 Å². The fraction of sp³-hybridized carbons (Fsp3) is 0.211. The molecule has 0 bridgehead atoms. The maximum atomic E-state index is 9.92. The third kappa shape index (κ3) is 3.28. The second kappa shape index (κ2) is 7.03. The molecule has 3 aromatic rings. The summed E-state index contributed by atoms with van der Waals surface area (Å²) in [5, 5.41) is 13.2. The number of anilines is 1. The van der Waals surface area contributed by atoms with Gasteiger partial charge in [-0.1, -0.05) is 0 Å². The maximum absolute atomic E-state index is 9.92. The Labute approximate surface area is 164 Å². The second-order valence-electron chi connectivity index (χ2n) is 6.08. The lowest BCUT2D eigenvalue weighted by Gasteiger charge is -2.11. The van der Waals surface area contributed by atoms with Crippen LogP contribution in [-0.2, 0) is 13.6 Å². The predicted molar refractivity (Wildman–Crippen MR) is 104 cm³/mol. The molecule has 0 spiro atoms. The molecule has 27 heavy (non-hydrogen) atoms. The number of hydrogen-bond acceptors (Lipinski definition) is 6. The zero-order valence-electron chi connectivity index (χ0n) is 14.8. The van der Waals surface area contributed by atoms with Gasteiger partial charge in [0, 0.05) is 19.2 Å². The number of rotatable bonds is 5. The van der Waals surface area contributed by atoms with Gasteiger partial charge in [0.05, 0.1) is 23.5 Å². The Bertz CT molecular complexity index is 1000. The van der Waals surface area contributed by atoms with Crippen molar-refractivity contribution in [3.63, 3.8) is 0 Å². The van der Waals surface area contributed by atoms with Crippen molar-refractivity contribution in [2.24, 2.45) is 7.05 Å². The lowest BCUT2D eigenvalue weighted by atomic mass is 10.1. The van der Waals surface area contributed by atoms with Gasteiger partial charge in [0.2, 0.25) is 12.7 Å². The molecule has 4 rings (SSSR count). The van der Waals surface area contributed by atoms with Crippen LogP contribution in [0.25, 0.3) is 11.3 Å². The van der Waals surface area contributed by atoms with E-state index in [0.29, 0.717) is 16.8 Å². The van der Waals surface area contributed by atoms with E-state index in [4.69, 9.17) is 14.2 Å². The van der Waals surface area contributed by atoms with Crippen LogP contribution in [0.5, 0.6) is 23.0 Å². The number of hydrogen-bond donors (Lipinski definition) is 2. The van der Waals surface area contributed by atoms with Crippen LogP contribution in [0.1, 0.15) is 5.56 Å². The molecule has 1 aliphatic heterocycles. The van der Waals surface area contributed by atoms with Crippen molar-refractivity contribution in [2.45, 2.75) is 6.54 Å². The molecule has 7 nitrogen and oxygen atoms in total. The lowest BCUT2D eigenvalue weighted by molar-refractivity contribution is 0.174. The number of methoxy groups -OCH3 is 1. The first-order valence-corrected chi connectivity index (χ1v) is 9.07. The number of phenols is 1. The first kappa shape index (κ1) is 17.5. The zero-order chi connectivity index (χ0) is 19.0. The highest BCUT2D eigenvalue weighted by molar-refractivity contribution is 9.10. The maximum Gasteiger partial charge on any atom is 0.231 e. The number of nitrogens with one attached hydrogen (secondary N) is 1. The summed E-state index contributed by atoms with van der Waals surface area (Å²) in [6.07, 6.45) is 1.81. The SMILES string of the molecule is COc1cc(CNc2ncc(-c3ccc4c(c3)OCO4)n2C)cc(Br)c1O. The normalized spacial score (nSPS) is 12.3. The third-order valence-corrected chi connectivity index (χ3v) is 5.02. The van der Waals surface area contributed by atoms with Crippen molar-refractivity contribution in [1.82, 2.24) is 9.55 Å². The van der Waals surface area contributed by atoms with Crippen LogP contribution < -0.4 is 19.5 Å². The van der Waals surface area contributed by atoms with Crippen LogP contribution in [-0.4, -0.2) is 28.6 Å². The highest BCUT2D eigenvalue weighted by atomic mass is 79.9. The van der Waals surface area contributed by atoms with Gasteiger partial charge in [-0.05, 0) is 51.8 Å². The number of nitrogens with zero attached hydrogens (tertiary/aromatic N) is 2. The third-order valence-electron chi connectivity index (χ3n) is 4.42. The topological polar surface area (TPSA) is 77.8 Å². The van der Waals surface area contributed by atoms with E-state index in [0.717, 1.165) is 34.3 Å². The van der Waals surface area contributed by atoms with E-state index >= 15 is 0 Å². The molecule has 0 aliphatic carbocycles. The van der Waals surface area contributed by atoms with Crippen LogP contribution in [0, 0.1) is 0 Å². The highest BCUT2D eigenvalue weighted by Gasteiger charge is 2.16. The summed E-state index contributed by atoms with van der Waals surface area (Å²) in [4.78, 5) is 4.47. The average molecular weight is 432 g/mol. The van der Waals surface area contributed by atoms with Gasteiger partial charge in [-0.15, -0.1) is 0 Å². The molecule has 0 fully saturated rings. The largest absolute Gasteiger partial charge is 0.503 e. The summed E-state index contributed by atoms with van der Waals surface area (Å²) in [5.41, 5.74) is 2.90. The lowest BCUT2D eigenvalue weighted by Crippen LogP contribution is -2.06. The van der Waals surface area contributed by atoms with Crippen molar-refractivity contribution in [2.75, 3.05) is 19.2 Å². The molecule has 8 heteroatoms. The predicted octanol–water partition coefficient (Wildman–Crippen LogP) is 3.90. The number of aromatic hydroxyl groups is 1. The summed E-state index contributed by atoms with van der Waals surface area (Å²) >= 11 is 3.34. The number of ether oxygens (including phenoxy) is 3. The number of aromatic nitrogens is 2. The fourth-order valence-corrected chi connectivity index (χ4v) is 3.45. The minimum atomic E-state index is 0.0864. The van der Waals surface area contributed by atoms with E-state index in [-0.39, 0.29) is 12.5 Å². The quantitative estimate of drug-likeness (QED) is 0.637. The van der Waals surface area contributed by atoms with E-state index in [1.165, 1.54) is 7.11 Å². The molecule has 2 aromatic carbocycles. The van der Waals surface area contributed by atoms with Crippen LogP contribution >= 0.6 is 15.9 Å². The Morgan fingerprint density at radius 3 is 2.89 bits per heavy atom. The molecule has 0 unspecified atom stereocenters. The number of imidazole rings is 1. The number of phenolic OH excluding ortho intramolecular Hbond substituents is 1. The molecule has 140 valence electrons.